The molecule has 0 aromatic heterocycles. The Bertz CT molecular complexity index is 1510. The number of unbranched alkanes of at least 4 members (excludes halogenated alkanes) is 53. The summed E-state index contributed by atoms with van der Waals surface area (Å²) in [5.74, 6) is -0.168. The van der Waals surface area contributed by atoms with Crippen molar-refractivity contribution in [3.8, 4) is 0 Å². The second-order valence-corrected chi connectivity index (χ2v) is 27.1. The van der Waals surface area contributed by atoms with Gasteiger partial charge in [0.2, 0.25) is 5.91 Å². The minimum Gasteiger partial charge on any atom is -0.466 e. The number of nitrogens with one attached hydrogen (secondary N) is 1. The van der Waals surface area contributed by atoms with Crippen LogP contribution in [0.2, 0.25) is 0 Å². The molecule has 1 amide bonds. The van der Waals surface area contributed by atoms with Crippen LogP contribution in [0.5, 0.6) is 0 Å². The summed E-state index contributed by atoms with van der Waals surface area (Å²) in [7, 11) is 0. The van der Waals surface area contributed by atoms with E-state index < -0.39 is 49.5 Å². The van der Waals surface area contributed by atoms with Gasteiger partial charge in [-0.05, 0) is 44.9 Å². The molecule has 0 aromatic carbocycles. The van der Waals surface area contributed by atoms with Crippen molar-refractivity contribution < 1.29 is 49.3 Å². The number of hydrogen-bond acceptors (Lipinski definition) is 10. The van der Waals surface area contributed by atoms with E-state index in [0.29, 0.717) is 19.4 Å². The molecule has 6 N–H and O–H groups in total. The molecule has 1 aliphatic heterocycles. The van der Waals surface area contributed by atoms with Gasteiger partial charge in [-0.15, -0.1) is 0 Å². The Balaban J connectivity index is 1.92. The van der Waals surface area contributed by atoms with Crippen LogP contribution in [0.25, 0.3) is 0 Å². The standard InChI is InChI=1S/C77H147NO10/c1-3-5-7-9-11-13-15-16-40-44-47-51-55-59-63-70(80)69(68-87-77-76(85)75(84)74(83)71(67-79)88-77)78-72(81)64-60-56-52-48-45-41-38-36-34-32-30-28-26-24-22-20-18-17-19-21-23-25-27-29-31-33-35-37-39-42-46-50-54-58-62-66-86-73(82)65-61-57-53-49-43-14-12-10-8-6-4-2/h44,47,59,63,69-71,74-77,79-80,83-85H,3-43,45-46,48-58,60-62,64-68H2,1-2H3,(H,78,81)/b47-44+,63-59+. The van der Waals surface area contributed by atoms with Crippen molar-refractivity contribution in [2.45, 2.75) is 436 Å². The van der Waals surface area contributed by atoms with Crippen LogP contribution in [0.4, 0.5) is 0 Å². The van der Waals surface area contributed by atoms with Crippen LogP contribution in [-0.2, 0) is 23.8 Å². The van der Waals surface area contributed by atoms with Gasteiger partial charge in [0.15, 0.2) is 6.29 Å². The summed E-state index contributed by atoms with van der Waals surface area (Å²) in [6, 6.07) is -0.823. The quantitative estimate of drug-likeness (QED) is 0.0195. The maximum absolute atomic E-state index is 13.1. The fourth-order valence-electron chi connectivity index (χ4n) is 12.5. The number of esters is 1. The number of rotatable bonds is 69. The lowest BCUT2D eigenvalue weighted by Crippen LogP contribution is -2.60. The van der Waals surface area contributed by atoms with E-state index in [9.17, 15) is 35.1 Å². The molecule has 0 aromatic rings. The van der Waals surface area contributed by atoms with Crippen LogP contribution in [-0.4, -0.2) is 100 Å². The molecule has 1 heterocycles. The lowest BCUT2D eigenvalue weighted by Gasteiger charge is -2.40. The first kappa shape index (κ1) is 84.2. The topological polar surface area (TPSA) is 175 Å². The van der Waals surface area contributed by atoms with E-state index in [4.69, 9.17) is 14.2 Å². The molecule has 1 aliphatic rings. The zero-order valence-electron chi connectivity index (χ0n) is 58.0. The summed E-state index contributed by atoms with van der Waals surface area (Å²) in [6.07, 6.45) is 74.9. The Morgan fingerprint density at radius 1 is 0.409 bits per heavy atom. The number of ether oxygens (including phenoxy) is 3. The maximum atomic E-state index is 13.1. The number of carbonyl (C=O) groups excluding carboxylic acids is 2. The van der Waals surface area contributed by atoms with Gasteiger partial charge in [0, 0.05) is 12.8 Å². The summed E-state index contributed by atoms with van der Waals surface area (Å²) >= 11 is 0. The monoisotopic (exact) mass is 1250 g/mol. The van der Waals surface area contributed by atoms with Gasteiger partial charge in [-0.2, -0.15) is 0 Å². The Hall–Kier alpha value is -1.86. The van der Waals surface area contributed by atoms with Crippen molar-refractivity contribution >= 4 is 11.9 Å². The summed E-state index contributed by atoms with van der Waals surface area (Å²) in [5, 5.41) is 54.6. The molecule has 0 spiro atoms. The van der Waals surface area contributed by atoms with Gasteiger partial charge in [0.05, 0.1) is 32.0 Å². The molecule has 520 valence electrons. The third kappa shape index (κ3) is 54.7. The van der Waals surface area contributed by atoms with Crippen molar-refractivity contribution in [3.63, 3.8) is 0 Å². The van der Waals surface area contributed by atoms with Crippen LogP contribution >= 0.6 is 0 Å². The van der Waals surface area contributed by atoms with Crippen molar-refractivity contribution in [3.05, 3.63) is 24.3 Å². The normalized spacial score (nSPS) is 17.8. The summed E-state index contributed by atoms with van der Waals surface area (Å²) < 4.78 is 16.8. The van der Waals surface area contributed by atoms with Crippen molar-refractivity contribution in [1.29, 1.82) is 0 Å². The van der Waals surface area contributed by atoms with E-state index in [1.807, 2.05) is 6.08 Å². The smallest absolute Gasteiger partial charge is 0.305 e. The van der Waals surface area contributed by atoms with Crippen LogP contribution < -0.4 is 5.32 Å². The number of allylic oxidation sites excluding steroid dienone is 3. The second-order valence-electron chi connectivity index (χ2n) is 27.1. The van der Waals surface area contributed by atoms with Gasteiger partial charge >= 0.3 is 5.97 Å². The Morgan fingerprint density at radius 2 is 0.739 bits per heavy atom. The summed E-state index contributed by atoms with van der Waals surface area (Å²) in [4.78, 5) is 25.1. The van der Waals surface area contributed by atoms with Gasteiger partial charge in [-0.1, -0.05) is 359 Å². The number of amides is 1. The van der Waals surface area contributed by atoms with Crippen LogP contribution in [0.1, 0.15) is 393 Å². The number of aliphatic hydroxyl groups excluding tert-OH is 5. The molecule has 0 bridgehead atoms. The highest BCUT2D eigenvalue weighted by Gasteiger charge is 2.44. The molecular weight excluding hydrogens is 1100 g/mol. The lowest BCUT2D eigenvalue weighted by molar-refractivity contribution is -0.302. The van der Waals surface area contributed by atoms with Crippen LogP contribution in [0, 0.1) is 0 Å². The largest absolute Gasteiger partial charge is 0.466 e. The van der Waals surface area contributed by atoms with E-state index in [2.05, 4.69) is 31.3 Å². The molecule has 0 radical (unpaired) electrons. The minimum absolute atomic E-state index is 0.0161. The zero-order chi connectivity index (χ0) is 63.7. The van der Waals surface area contributed by atoms with Crippen LogP contribution in [0.3, 0.4) is 0 Å². The highest BCUT2D eigenvalue weighted by molar-refractivity contribution is 5.76. The van der Waals surface area contributed by atoms with Crippen molar-refractivity contribution in [1.82, 2.24) is 5.32 Å². The van der Waals surface area contributed by atoms with Gasteiger partial charge in [0.25, 0.3) is 0 Å². The van der Waals surface area contributed by atoms with Gasteiger partial charge < -0.3 is 45.1 Å². The highest BCUT2D eigenvalue weighted by atomic mass is 16.7. The van der Waals surface area contributed by atoms with Crippen molar-refractivity contribution in [2.75, 3.05) is 19.8 Å². The van der Waals surface area contributed by atoms with Gasteiger partial charge in [-0.3, -0.25) is 9.59 Å². The first-order valence-corrected chi connectivity index (χ1v) is 38.6. The molecule has 11 heteroatoms. The minimum atomic E-state index is -1.57. The molecule has 7 unspecified atom stereocenters. The fraction of sp³-hybridized carbons (Fsp3) is 0.922. The Morgan fingerprint density at radius 3 is 1.12 bits per heavy atom. The SMILES string of the molecule is CCCCCCCCCC/C=C/CC/C=C/C(O)C(COC1OC(CO)C(O)C(O)C1O)NC(=O)CCCCCCCCCCCCCCCCCCCCCCCCCCCCCCCCCCCCCOC(=O)CCCCCCCCCCCCC. The first-order valence-electron chi connectivity index (χ1n) is 38.6. The van der Waals surface area contributed by atoms with Gasteiger partial charge in [0.1, 0.15) is 24.4 Å². The first-order chi connectivity index (χ1) is 43.2. The number of aliphatic hydroxyl groups is 5. The fourth-order valence-corrected chi connectivity index (χ4v) is 12.5. The predicted molar refractivity (Wildman–Crippen MR) is 371 cm³/mol. The van der Waals surface area contributed by atoms with Crippen LogP contribution in [0.15, 0.2) is 24.3 Å². The molecule has 1 fully saturated rings. The lowest BCUT2D eigenvalue weighted by atomic mass is 9.99. The number of carbonyl (C=O) groups is 2. The average Bonchev–Trinajstić information content (AvgIpc) is 3.73. The highest BCUT2D eigenvalue weighted by Crippen LogP contribution is 2.24. The zero-order valence-corrected chi connectivity index (χ0v) is 58.0. The third-order valence-corrected chi connectivity index (χ3v) is 18.6. The molecule has 1 rings (SSSR count). The van der Waals surface area contributed by atoms with E-state index in [0.717, 1.165) is 51.4 Å². The molecule has 0 aliphatic carbocycles. The summed E-state index contributed by atoms with van der Waals surface area (Å²) in [5.41, 5.74) is 0. The van der Waals surface area contributed by atoms with E-state index in [-0.39, 0.29) is 18.5 Å². The maximum Gasteiger partial charge on any atom is 0.305 e. The Labute approximate surface area is 543 Å². The summed E-state index contributed by atoms with van der Waals surface area (Å²) in [6.45, 7) is 4.37. The number of hydrogen-bond donors (Lipinski definition) is 6. The molecule has 0 saturated carbocycles. The van der Waals surface area contributed by atoms with E-state index >= 15 is 0 Å². The molecule has 7 atom stereocenters. The average molecular weight is 1250 g/mol. The molecule has 88 heavy (non-hydrogen) atoms. The molecule has 11 nitrogen and oxygen atoms in total. The van der Waals surface area contributed by atoms with Gasteiger partial charge in [-0.25, -0.2) is 0 Å². The molecular formula is C77H147NO10. The predicted octanol–water partition coefficient (Wildman–Crippen LogP) is 20.4. The van der Waals surface area contributed by atoms with E-state index in [1.54, 1.807) is 6.08 Å². The second kappa shape index (κ2) is 66.6. The van der Waals surface area contributed by atoms with Crippen molar-refractivity contribution in [2.24, 2.45) is 0 Å². The molecule has 1 saturated heterocycles. The van der Waals surface area contributed by atoms with E-state index in [1.165, 1.54) is 315 Å². The Kier molecular flexibility index (Phi) is 63.7. The third-order valence-electron chi connectivity index (χ3n) is 18.6.